The van der Waals surface area contributed by atoms with Gasteiger partial charge in [-0.25, -0.2) is 0 Å². The summed E-state index contributed by atoms with van der Waals surface area (Å²) in [4.78, 5) is 11.9. The molecule has 0 bridgehead atoms. The van der Waals surface area contributed by atoms with Crippen LogP contribution in [0.1, 0.15) is 30.4 Å². The van der Waals surface area contributed by atoms with E-state index in [4.69, 9.17) is 0 Å². The molecule has 3 nitrogen and oxygen atoms in total. The molecule has 1 unspecified atom stereocenters. The predicted octanol–water partition coefficient (Wildman–Crippen LogP) is 2.18. The number of piperidine rings is 1. The van der Waals surface area contributed by atoms with Crippen LogP contribution in [-0.2, 0) is 11.3 Å². The molecule has 1 aromatic carbocycles. The predicted molar refractivity (Wildman–Crippen MR) is 75.9 cm³/mol. The average molecular weight is 269 g/mol. The van der Waals surface area contributed by atoms with E-state index in [-0.39, 0.29) is 24.4 Å². The van der Waals surface area contributed by atoms with E-state index in [1.165, 1.54) is 17.5 Å². The molecule has 1 aliphatic rings. The maximum Gasteiger partial charge on any atom is 0.237 e. The summed E-state index contributed by atoms with van der Waals surface area (Å²) in [5.74, 6) is 0.132. The van der Waals surface area contributed by atoms with Crippen LogP contribution in [0.25, 0.3) is 0 Å². The van der Waals surface area contributed by atoms with Crippen molar-refractivity contribution in [2.24, 2.45) is 0 Å². The highest BCUT2D eigenvalue weighted by atomic mass is 35.5. The van der Waals surface area contributed by atoms with Crippen LogP contribution in [0, 0.1) is 6.92 Å². The average Bonchev–Trinajstić information content (AvgIpc) is 2.38. The molecular weight excluding hydrogens is 248 g/mol. The van der Waals surface area contributed by atoms with Crippen molar-refractivity contribution in [2.75, 3.05) is 6.54 Å². The fraction of sp³-hybridized carbons (Fsp3) is 0.500. The van der Waals surface area contributed by atoms with Gasteiger partial charge < -0.3 is 10.6 Å². The highest BCUT2D eigenvalue weighted by Gasteiger charge is 2.19. The summed E-state index contributed by atoms with van der Waals surface area (Å²) in [6, 6.07) is 8.16. The summed E-state index contributed by atoms with van der Waals surface area (Å²) in [6.07, 6.45) is 3.29. The second-order valence-corrected chi connectivity index (χ2v) is 4.65. The highest BCUT2D eigenvalue weighted by Crippen LogP contribution is 2.09. The lowest BCUT2D eigenvalue weighted by atomic mass is 10.0. The fourth-order valence-electron chi connectivity index (χ4n) is 2.19. The zero-order chi connectivity index (χ0) is 12.1. The smallest absolute Gasteiger partial charge is 0.237 e. The van der Waals surface area contributed by atoms with Gasteiger partial charge in [0, 0.05) is 6.54 Å². The summed E-state index contributed by atoms with van der Waals surface area (Å²) in [5, 5.41) is 6.27. The van der Waals surface area contributed by atoms with Crippen LogP contribution in [0.15, 0.2) is 24.3 Å². The van der Waals surface area contributed by atoms with Crippen LogP contribution >= 0.6 is 12.4 Å². The molecule has 0 aromatic heterocycles. The monoisotopic (exact) mass is 268 g/mol. The van der Waals surface area contributed by atoms with E-state index < -0.39 is 0 Å². The molecule has 100 valence electrons. The SMILES string of the molecule is Cc1ccccc1CNC(=O)C1CCCCN1.Cl. The summed E-state index contributed by atoms with van der Waals surface area (Å²) in [7, 11) is 0. The second-order valence-electron chi connectivity index (χ2n) is 4.65. The Bertz CT molecular complexity index is 389. The summed E-state index contributed by atoms with van der Waals surface area (Å²) in [5.41, 5.74) is 2.42. The maximum atomic E-state index is 11.9. The minimum atomic E-state index is 0. The number of aryl methyl sites for hydroxylation is 1. The first kappa shape index (κ1) is 15.0. The van der Waals surface area contributed by atoms with Crippen molar-refractivity contribution in [3.05, 3.63) is 35.4 Å². The molecular formula is C14H21ClN2O. The molecule has 2 N–H and O–H groups in total. The zero-order valence-electron chi connectivity index (χ0n) is 10.7. The Morgan fingerprint density at radius 2 is 2.17 bits per heavy atom. The summed E-state index contributed by atoms with van der Waals surface area (Å²) < 4.78 is 0. The Balaban J connectivity index is 0.00000162. The van der Waals surface area contributed by atoms with Crippen molar-refractivity contribution >= 4 is 18.3 Å². The molecule has 1 amide bonds. The lowest BCUT2D eigenvalue weighted by Crippen LogP contribution is -2.46. The van der Waals surface area contributed by atoms with Gasteiger partial charge in [-0.1, -0.05) is 30.7 Å². The molecule has 0 aliphatic carbocycles. The number of carbonyl (C=O) groups excluding carboxylic acids is 1. The van der Waals surface area contributed by atoms with Crippen molar-refractivity contribution in [2.45, 2.75) is 38.8 Å². The van der Waals surface area contributed by atoms with Crippen LogP contribution in [0.4, 0.5) is 0 Å². The number of amides is 1. The topological polar surface area (TPSA) is 41.1 Å². The molecule has 1 aliphatic heterocycles. The minimum Gasteiger partial charge on any atom is -0.351 e. The normalized spacial score (nSPS) is 18.8. The number of halogens is 1. The Labute approximate surface area is 115 Å². The Hall–Kier alpha value is -1.06. The molecule has 18 heavy (non-hydrogen) atoms. The molecule has 1 fully saturated rings. The molecule has 0 spiro atoms. The molecule has 4 heteroatoms. The van der Waals surface area contributed by atoms with Crippen molar-refractivity contribution in [1.29, 1.82) is 0 Å². The van der Waals surface area contributed by atoms with E-state index in [1.54, 1.807) is 0 Å². The van der Waals surface area contributed by atoms with E-state index in [0.29, 0.717) is 6.54 Å². The van der Waals surface area contributed by atoms with Gasteiger partial charge in [-0.2, -0.15) is 0 Å². The van der Waals surface area contributed by atoms with Gasteiger partial charge in [0.15, 0.2) is 0 Å². The van der Waals surface area contributed by atoms with Gasteiger partial charge in [-0.15, -0.1) is 12.4 Å². The fourth-order valence-corrected chi connectivity index (χ4v) is 2.19. The van der Waals surface area contributed by atoms with E-state index in [9.17, 15) is 4.79 Å². The number of hydrogen-bond acceptors (Lipinski definition) is 2. The van der Waals surface area contributed by atoms with Crippen LogP contribution in [-0.4, -0.2) is 18.5 Å². The number of nitrogens with one attached hydrogen (secondary N) is 2. The highest BCUT2D eigenvalue weighted by molar-refractivity contribution is 5.85. The molecule has 1 aromatic rings. The summed E-state index contributed by atoms with van der Waals surface area (Å²) >= 11 is 0. The maximum absolute atomic E-state index is 11.9. The number of rotatable bonds is 3. The largest absolute Gasteiger partial charge is 0.351 e. The quantitative estimate of drug-likeness (QED) is 0.882. The van der Waals surface area contributed by atoms with E-state index in [1.807, 2.05) is 12.1 Å². The third-order valence-corrected chi connectivity index (χ3v) is 3.34. The molecule has 1 heterocycles. The number of hydrogen-bond donors (Lipinski definition) is 2. The van der Waals surface area contributed by atoms with Crippen molar-refractivity contribution in [3.8, 4) is 0 Å². The first-order chi connectivity index (χ1) is 8.27. The molecule has 1 saturated heterocycles. The Morgan fingerprint density at radius 1 is 1.39 bits per heavy atom. The molecule has 0 radical (unpaired) electrons. The van der Waals surface area contributed by atoms with E-state index >= 15 is 0 Å². The second kappa shape index (κ2) is 7.39. The van der Waals surface area contributed by atoms with E-state index in [0.717, 1.165) is 19.4 Å². The molecule has 1 atom stereocenters. The van der Waals surface area contributed by atoms with Crippen molar-refractivity contribution in [3.63, 3.8) is 0 Å². The number of benzene rings is 1. The standard InChI is InChI=1S/C14H20N2O.ClH/c1-11-6-2-3-7-12(11)10-16-14(17)13-8-4-5-9-15-13;/h2-3,6-7,13,15H,4-5,8-10H2,1H3,(H,16,17);1H. The van der Waals surface area contributed by atoms with Gasteiger partial charge in [0.1, 0.15) is 0 Å². The zero-order valence-corrected chi connectivity index (χ0v) is 11.6. The first-order valence-electron chi connectivity index (χ1n) is 6.33. The van der Waals surface area contributed by atoms with Gasteiger partial charge >= 0.3 is 0 Å². The summed E-state index contributed by atoms with van der Waals surface area (Å²) in [6.45, 7) is 3.66. The van der Waals surface area contributed by atoms with Crippen LogP contribution in [0.2, 0.25) is 0 Å². The Morgan fingerprint density at radius 3 is 2.83 bits per heavy atom. The lowest BCUT2D eigenvalue weighted by Gasteiger charge is -2.22. The van der Waals surface area contributed by atoms with Gasteiger partial charge in [0.05, 0.1) is 6.04 Å². The number of carbonyl (C=O) groups is 1. The van der Waals surface area contributed by atoms with Crippen molar-refractivity contribution in [1.82, 2.24) is 10.6 Å². The van der Waals surface area contributed by atoms with Gasteiger partial charge in [-0.05, 0) is 37.4 Å². The Kier molecular flexibility index (Phi) is 6.16. The third kappa shape index (κ3) is 4.00. The van der Waals surface area contributed by atoms with Crippen LogP contribution in [0.3, 0.4) is 0 Å². The third-order valence-electron chi connectivity index (χ3n) is 3.34. The molecule has 2 rings (SSSR count). The van der Waals surface area contributed by atoms with E-state index in [2.05, 4.69) is 29.7 Å². The van der Waals surface area contributed by atoms with Crippen LogP contribution < -0.4 is 10.6 Å². The minimum absolute atomic E-state index is 0. The van der Waals surface area contributed by atoms with Gasteiger partial charge in [-0.3, -0.25) is 4.79 Å². The van der Waals surface area contributed by atoms with Crippen molar-refractivity contribution < 1.29 is 4.79 Å². The van der Waals surface area contributed by atoms with Crippen LogP contribution in [0.5, 0.6) is 0 Å². The first-order valence-corrected chi connectivity index (χ1v) is 6.33. The molecule has 0 saturated carbocycles. The van der Waals surface area contributed by atoms with Gasteiger partial charge in [0.2, 0.25) is 5.91 Å². The lowest BCUT2D eigenvalue weighted by molar-refractivity contribution is -0.123. The van der Waals surface area contributed by atoms with Gasteiger partial charge in [0.25, 0.3) is 0 Å².